The molecule has 19 heavy (non-hydrogen) atoms. The first-order valence-corrected chi connectivity index (χ1v) is 6.22. The Kier molecular flexibility index (Phi) is 4.03. The third-order valence-electron chi connectivity index (χ3n) is 2.85. The van der Waals surface area contributed by atoms with Gasteiger partial charge in [-0.25, -0.2) is 4.79 Å². The van der Waals surface area contributed by atoms with Crippen LogP contribution in [0.2, 0.25) is 5.02 Å². The minimum Gasteiger partial charge on any atom is -0.478 e. The van der Waals surface area contributed by atoms with Gasteiger partial charge in [0.15, 0.2) is 0 Å². The van der Waals surface area contributed by atoms with Crippen molar-refractivity contribution in [3.8, 4) is 11.1 Å². The van der Waals surface area contributed by atoms with E-state index in [0.29, 0.717) is 10.6 Å². The van der Waals surface area contributed by atoms with E-state index < -0.39 is 5.97 Å². The van der Waals surface area contributed by atoms with Crippen molar-refractivity contribution in [2.24, 2.45) is 0 Å². The first-order chi connectivity index (χ1) is 9.08. The van der Waals surface area contributed by atoms with E-state index >= 15 is 0 Å². The molecule has 2 rings (SSSR count). The van der Waals surface area contributed by atoms with Gasteiger partial charge in [0, 0.05) is 16.7 Å². The Morgan fingerprint density at radius 2 is 1.84 bits per heavy atom. The third kappa shape index (κ3) is 3.24. The average Bonchev–Trinajstić information content (AvgIpc) is 2.39. The van der Waals surface area contributed by atoms with Crippen LogP contribution in [-0.2, 0) is 4.79 Å². The van der Waals surface area contributed by atoms with Crippen LogP contribution in [0.5, 0.6) is 0 Å². The van der Waals surface area contributed by atoms with Gasteiger partial charge in [0.25, 0.3) is 0 Å². The molecule has 2 aromatic carbocycles. The molecule has 2 aromatic rings. The topological polar surface area (TPSA) is 37.3 Å². The van der Waals surface area contributed by atoms with E-state index in [9.17, 15) is 4.79 Å². The van der Waals surface area contributed by atoms with Crippen LogP contribution in [0, 0.1) is 0 Å². The summed E-state index contributed by atoms with van der Waals surface area (Å²) in [6, 6.07) is 15.3. The van der Waals surface area contributed by atoms with Crippen LogP contribution in [0.3, 0.4) is 0 Å². The normalized spacial score (nSPS) is 11.4. The Morgan fingerprint density at radius 1 is 1.16 bits per heavy atom. The highest BCUT2D eigenvalue weighted by atomic mass is 35.5. The summed E-state index contributed by atoms with van der Waals surface area (Å²) >= 11 is 6.21. The minimum atomic E-state index is -0.950. The number of aliphatic carboxylic acids is 1. The second kappa shape index (κ2) is 5.72. The molecule has 0 aliphatic carbocycles. The summed E-state index contributed by atoms with van der Waals surface area (Å²) in [5, 5.41) is 9.43. The largest absolute Gasteiger partial charge is 0.478 e. The Hall–Kier alpha value is -2.06. The summed E-state index contributed by atoms with van der Waals surface area (Å²) in [7, 11) is 0. The number of carbonyl (C=O) groups is 1. The van der Waals surface area contributed by atoms with Crippen LogP contribution in [0.15, 0.2) is 54.6 Å². The van der Waals surface area contributed by atoms with Crippen LogP contribution in [0.4, 0.5) is 0 Å². The van der Waals surface area contributed by atoms with Gasteiger partial charge in [-0.2, -0.15) is 0 Å². The zero-order chi connectivity index (χ0) is 13.8. The van der Waals surface area contributed by atoms with Crippen molar-refractivity contribution >= 4 is 23.1 Å². The zero-order valence-corrected chi connectivity index (χ0v) is 11.2. The molecule has 0 saturated heterocycles. The SMILES string of the molecule is C/C(=C\C(=O)O)c1ccc(Cl)c(-c2ccccc2)c1. The molecule has 2 nitrogen and oxygen atoms in total. The second-order valence-corrected chi connectivity index (χ2v) is 4.63. The Morgan fingerprint density at radius 3 is 2.47 bits per heavy atom. The highest BCUT2D eigenvalue weighted by Crippen LogP contribution is 2.30. The summed E-state index contributed by atoms with van der Waals surface area (Å²) in [6.07, 6.45) is 1.19. The third-order valence-corrected chi connectivity index (χ3v) is 3.18. The van der Waals surface area contributed by atoms with E-state index in [2.05, 4.69) is 0 Å². The number of benzene rings is 2. The monoisotopic (exact) mass is 272 g/mol. The maximum Gasteiger partial charge on any atom is 0.328 e. The van der Waals surface area contributed by atoms with Gasteiger partial charge in [0.2, 0.25) is 0 Å². The van der Waals surface area contributed by atoms with E-state index in [1.54, 1.807) is 13.0 Å². The van der Waals surface area contributed by atoms with Crippen molar-refractivity contribution in [3.05, 3.63) is 65.2 Å². The Bertz CT molecular complexity index is 630. The van der Waals surface area contributed by atoms with Crippen LogP contribution in [-0.4, -0.2) is 11.1 Å². The number of carboxylic acid groups (broad SMARTS) is 1. The first kappa shape index (κ1) is 13.4. The van der Waals surface area contributed by atoms with Gasteiger partial charge >= 0.3 is 5.97 Å². The van der Waals surface area contributed by atoms with Crippen LogP contribution in [0.1, 0.15) is 12.5 Å². The number of rotatable bonds is 3. The number of carboxylic acids is 1. The van der Waals surface area contributed by atoms with Gasteiger partial charge in [-0.3, -0.25) is 0 Å². The zero-order valence-electron chi connectivity index (χ0n) is 10.4. The fraction of sp³-hybridized carbons (Fsp3) is 0.0625. The molecule has 96 valence electrons. The molecule has 0 heterocycles. The molecule has 0 atom stereocenters. The van der Waals surface area contributed by atoms with Crippen LogP contribution in [0.25, 0.3) is 16.7 Å². The molecule has 0 amide bonds. The lowest BCUT2D eigenvalue weighted by Crippen LogP contribution is -1.91. The second-order valence-electron chi connectivity index (χ2n) is 4.23. The number of allylic oxidation sites excluding steroid dienone is 1. The molecule has 0 radical (unpaired) electrons. The van der Waals surface area contributed by atoms with Crippen molar-refractivity contribution < 1.29 is 9.90 Å². The summed E-state index contributed by atoms with van der Waals surface area (Å²) in [6.45, 7) is 1.77. The smallest absolute Gasteiger partial charge is 0.328 e. The van der Waals surface area contributed by atoms with Crippen LogP contribution < -0.4 is 0 Å². The van der Waals surface area contributed by atoms with E-state index in [-0.39, 0.29) is 0 Å². The number of halogens is 1. The Labute approximate surface area is 117 Å². The summed E-state index contributed by atoms with van der Waals surface area (Å²) in [4.78, 5) is 10.7. The number of hydrogen-bond donors (Lipinski definition) is 1. The molecule has 0 unspecified atom stereocenters. The first-order valence-electron chi connectivity index (χ1n) is 5.84. The minimum absolute atomic E-state index is 0.651. The lowest BCUT2D eigenvalue weighted by molar-refractivity contribution is -0.131. The molecule has 0 spiro atoms. The van der Waals surface area contributed by atoms with Gasteiger partial charge in [-0.05, 0) is 35.8 Å². The van der Waals surface area contributed by atoms with Crippen molar-refractivity contribution in [3.63, 3.8) is 0 Å². The van der Waals surface area contributed by atoms with E-state index in [1.807, 2.05) is 42.5 Å². The quantitative estimate of drug-likeness (QED) is 0.836. The highest BCUT2D eigenvalue weighted by Gasteiger charge is 2.06. The lowest BCUT2D eigenvalue weighted by Gasteiger charge is -2.08. The molecule has 0 aromatic heterocycles. The summed E-state index contributed by atoms with van der Waals surface area (Å²) < 4.78 is 0. The molecular formula is C16H13ClO2. The molecule has 0 bridgehead atoms. The van der Waals surface area contributed by atoms with Crippen molar-refractivity contribution in [1.82, 2.24) is 0 Å². The predicted octanol–water partition coefficient (Wildman–Crippen LogP) is 4.49. The summed E-state index contributed by atoms with van der Waals surface area (Å²) in [5.41, 5.74) is 3.46. The fourth-order valence-corrected chi connectivity index (χ4v) is 2.10. The van der Waals surface area contributed by atoms with E-state index in [4.69, 9.17) is 16.7 Å². The predicted molar refractivity (Wildman–Crippen MR) is 78.2 cm³/mol. The molecule has 3 heteroatoms. The molecule has 0 fully saturated rings. The lowest BCUT2D eigenvalue weighted by atomic mass is 9.99. The molecule has 0 aliphatic rings. The fourth-order valence-electron chi connectivity index (χ4n) is 1.88. The van der Waals surface area contributed by atoms with Gasteiger partial charge < -0.3 is 5.11 Å². The maximum atomic E-state index is 10.7. The Balaban J connectivity index is 2.50. The maximum absolute atomic E-state index is 10.7. The molecule has 0 aliphatic heterocycles. The molecular weight excluding hydrogens is 260 g/mol. The standard InChI is InChI=1S/C16H13ClO2/c1-11(9-16(18)19)13-7-8-15(17)14(10-13)12-5-3-2-4-6-12/h2-10H,1H3,(H,18,19)/b11-9+. The van der Waals surface area contributed by atoms with Gasteiger partial charge in [-0.15, -0.1) is 0 Å². The molecule has 1 N–H and O–H groups in total. The number of hydrogen-bond acceptors (Lipinski definition) is 1. The van der Waals surface area contributed by atoms with E-state index in [0.717, 1.165) is 16.7 Å². The van der Waals surface area contributed by atoms with E-state index in [1.165, 1.54) is 6.08 Å². The van der Waals surface area contributed by atoms with Crippen molar-refractivity contribution in [2.45, 2.75) is 6.92 Å². The average molecular weight is 273 g/mol. The van der Waals surface area contributed by atoms with Gasteiger partial charge in [-0.1, -0.05) is 48.0 Å². The van der Waals surface area contributed by atoms with Gasteiger partial charge in [0.05, 0.1) is 0 Å². The van der Waals surface area contributed by atoms with Crippen molar-refractivity contribution in [1.29, 1.82) is 0 Å². The van der Waals surface area contributed by atoms with Crippen LogP contribution >= 0.6 is 11.6 Å². The molecule has 0 saturated carbocycles. The highest BCUT2D eigenvalue weighted by molar-refractivity contribution is 6.33. The van der Waals surface area contributed by atoms with Crippen molar-refractivity contribution in [2.75, 3.05) is 0 Å². The van der Waals surface area contributed by atoms with Gasteiger partial charge in [0.1, 0.15) is 0 Å². The summed E-state index contributed by atoms with van der Waals surface area (Å²) in [5.74, 6) is -0.950.